The molecule has 0 fully saturated rings. The van der Waals surface area contributed by atoms with Crippen molar-refractivity contribution in [3.05, 3.63) is 64.7 Å². The maximum absolute atomic E-state index is 12.3. The van der Waals surface area contributed by atoms with E-state index >= 15 is 0 Å². The molecule has 0 bridgehead atoms. The molecule has 2 aromatic carbocycles. The van der Waals surface area contributed by atoms with Crippen LogP contribution in [0.2, 0.25) is 5.02 Å². The summed E-state index contributed by atoms with van der Waals surface area (Å²) in [4.78, 5) is 10.9. The van der Waals surface area contributed by atoms with Crippen LogP contribution in [0.4, 0.5) is 0 Å². The van der Waals surface area contributed by atoms with Crippen LogP contribution in [0, 0.1) is 0 Å². The molecule has 0 heterocycles. The molecule has 0 radical (unpaired) electrons. The van der Waals surface area contributed by atoms with Crippen molar-refractivity contribution in [2.45, 2.75) is 10.6 Å². The molecule has 0 spiro atoms. The lowest BCUT2D eigenvalue weighted by Gasteiger charge is -2.08. The van der Waals surface area contributed by atoms with Gasteiger partial charge in [0.1, 0.15) is 0 Å². The van der Waals surface area contributed by atoms with Gasteiger partial charge in [-0.15, -0.1) is 0 Å². The SMILES string of the molecule is O=C(O)c1ccccc1S(=O)(=O)Cc1cccc(Cl)c1. The van der Waals surface area contributed by atoms with Gasteiger partial charge in [-0.05, 0) is 29.8 Å². The van der Waals surface area contributed by atoms with Crippen molar-refractivity contribution in [2.24, 2.45) is 0 Å². The first kappa shape index (κ1) is 14.6. The first-order valence-corrected chi connectivity index (χ1v) is 7.73. The van der Waals surface area contributed by atoms with Crippen LogP contribution >= 0.6 is 11.6 Å². The molecule has 104 valence electrons. The van der Waals surface area contributed by atoms with Crippen LogP contribution in [0.25, 0.3) is 0 Å². The van der Waals surface area contributed by atoms with Crippen LogP contribution in [-0.4, -0.2) is 19.5 Å². The molecule has 0 aromatic heterocycles. The average molecular weight is 311 g/mol. The van der Waals surface area contributed by atoms with Crippen LogP contribution in [0.3, 0.4) is 0 Å². The van der Waals surface area contributed by atoms with E-state index in [0.717, 1.165) is 0 Å². The fourth-order valence-electron chi connectivity index (χ4n) is 1.84. The van der Waals surface area contributed by atoms with E-state index in [4.69, 9.17) is 16.7 Å². The second-order valence-electron chi connectivity index (χ2n) is 4.19. The topological polar surface area (TPSA) is 71.4 Å². The van der Waals surface area contributed by atoms with E-state index in [9.17, 15) is 13.2 Å². The molecular weight excluding hydrogens is 300 g/mol. The minimum absolute atomic E-state index is 0.188. The van der Waals surface area contributed by atoms with Gasteiger partial charge < -0.3 is 5.11 Å². The van der Waals surface area contributed by atoms with Crippen molar-refractivity contribution < 1.29 is 18.3 Å². The van der Waals surface area contributed by atoms with Gasteiger partial charge in [0.05, 0.1) is 16.2 Å². The van der Waals surface area contributed by atoms with E-state index < -0.39 is 15.8 Å². The fraction of sp³-hybridized carbons (Fsp3) is 0.0714. The number of carbonyl (C=O) groups is 1. The molecule has 0 aliphatic heterocycles. The van der Waals surface area contributed by atoms with Crippen molar-refractivity contribution >= 4 is 27.4 Å². The Bertz CT molecular complexity index is 753. The predicted molar refractivity (Wildman–Crippen MR) is 75.7 cm³/mol. The Balaban J connectivity index is 2.44. The molecule has 4 nitrogen and oxygen atoms in total. The third kappa shape index (κ3) is 3.18. The maximum Gasteiger partial charge on any atom is 0.337 e. The van der Waals surface area contributed by atoms with Gasteiger partial charge in [-0.1, -0.05) is 35.9 Å². The first-order chi connectivity index (χ1) is 9.40. The van der Waals surface area contributed by atoms with Crippen molar-refractivity contribution in [3.8, 4) is 0 Å². The number of hydrogen-bond acceptors (Lipinski definition) is 3. The number of carboxylic acid groups (broad SMARTS) is 1. The smallest absolute Gasteiger partial charge is 0.337 e. The molecule has 1 N–H and O–H groups in total. The van der Waals surface area contributed by atoms with Crippen LogP contribution in [-0.2, 0) is 15.6 Å². The maximum atomic E-state index is 12.3. The van der Waals surface area contributed by atoms with Crippen LogP contribution in [0.5, 0.6) is 0 Å². The van der Waals surface area contributed by atoms with E-state index in [-0.39, 0.29) is 16.2 Å². The van der Waals surface area contributed by atoms with E-state index in [2.05, 4.69) is 0 Å². The summed E-state index contributed by atoms with van der Waals surface area (Å²) in [5, 5.41) is 9.49. The summed E-state index contributed by atoms with van der Waals surface area (Å²) >= 11 is 5.81. The average Bonchev–Trinajstić information content (AvgIpc) is 2.38. The molecule has 0 saturated carbocycles. The Morgan fingerprint density at radius 3 is 2.45 bits per heavy atom. The minimum atomic E-state index is -3.75. The fourth-order valence-corrected chi connectivity index (χ4v) is 3.60. The molecule has 2 rings (SSSR count). The monoisotopic (exact) mass is 310 g/mol. The van der Waals surface area contributed by atoms with E-state index in [1.807, 2.05) is 0 Å². The number of carboxylic acids is 1. The molecule has 0 amide bonds. The number of hydrogen-bond donors (Lipinski definition) is 1. The molecule has 6 heteroatoms. The Morgan fingerprint density at radius 2 is 1.80 bits per heavy atom. The molecule has 0 aliphatic carbocycles. The van der Waals surface area contributed by atoms with Gasteiger partial charge in [-0.25, -0.2) is 13.2 Å². The molecular formula is C14H11ClO4S. The summed E-state index contributed by atoms with van der Waals surface area (Å²) in [6.07, 6.45) is 0. The Hall–Kier alpha value is -1.85. The van der Waals surface area contributed by atoms with Gasteiger partial charge in [-0.2, -0.15) is 0 Å². The molecule has 0 unspecified atom stereocenters. The Labute approximate surface area is 121 Å². The lowest BCUT2D eigenvalue weighted by molar-refractivity contribution is 0.0692. The second kappa shape index (κ2) is 5.64. The summed E-state index contributed by atoms with van der Waals surface area (Å²) in [7, 11) is -3.75. The number of halogens is 1. The third-order valence-electron chi connectivity index (χ3n) is 2.70. The second-order valence-corrected chi connectivity index (χ2v) is 6.58. The van der Waals surface area contributed by atoms with E-state index in [0.29, 0.717) is 10.6 Å². The highest BCUT2D eigenvalue weighted by molar-refractivity contribution is 7.90. The van der Waals surface area contributed by atoms with Crippen molar-refractivity contribution in [3.63, 3.8) is 0 Å². The zero-order valence-corrected chi connectivity index (χ0v) is 11.9. The normalized spacial score (nSPS) is 11.2. The highest BCUT2D eigenvalue weighted by Crippen LogP contribution is 2.22. The standard InChI is InChI=1S/C14H11ClO4S/c15-11-5-3-4-10(8-11)9-20(18,19)13-7-2-1-6-12(13)14(16)17/h1-8H,9H2,(H,16,17). The number of sulfone groups is 1. The number of rotatable bonds is 4. The summed E-state index contributed by atoms with van der Waals surface area (Å²) in [5.74, 6) is -1.56. The number of aromatic carboxylic acids is 1. The van der Waals surface area contributed by atoms with Crippen LogP contribution in [0.1, 0.15) is 15.9 Å². The summed E-state index contributed by atoms with van der Waals surface area (Å²) in [6, 6.07) is 12.0. The molecule has 0 aliphatic rings. The summed E-state index contributed by atoms with van der Waals surface area (Å²) in [5.41, 5.74) is 0.284. The minimum Gasteiger partial charge on any atom is -0.478 e. The molecule has 0 atom stereocenters. The van der Waals surface area contributed by atoms with Crippen LogP contribution in [0.15, 0.2) is 53.4 Å². The highest BCUT2D eigenvalue weighted by Gasteiger charge is 2.22. The van der Waals surface area contributed by atoms with E-state index in [1.165, 1.54) is 24.3 Å². The lowest BCUT2D eigenvalue weighted by Crippen LogP contribution is -2.11. The van der Waals surface area contributed by atoms with Gasteiger partial charge >= 0.3 is 5.97 Å². The summed E-state index contributed by atoms with van der Waals surface area (Å²) in [6.45, 7) is 0. The van der Waals surface area contributed by atoms with Crippen molar-refractivity contribution in [1.82, 2.24) is 0 Å². The first-order valence-electron chi connectivity index (χ1n) is 5.70. The Kier molecular flexibility index (Phi) is 4.11. The van der Waals surface area contributed by atoms with Crippen molar-refractivity contribution in [1.29, 1.82) is 0 Å². The lowest BCUT2D eigenvalue weighted by atomic mass is 10.2. The van der Waals surface area contributed by atoms with Gasteiger partial charge in [0.25, 0.3) is 0 Å². The Morgan fingerprint density at radius 1 is 1.10 bits per heavy atom. The van der Waals surface area contributed by atoms with Gasteiger partial charge in [-0.3, -0.25) is 0 Å². The van der Waals surface area contributed by atoms with Gasteiger partial charge in [0.2, 0.25) is 0 Å². The predicted octanol–water partition coefficient (Wildman–Crippen LogP) is 3.01. The zero-order chi connectivity index (χ0) is 14.8. The van der Waals surface area contributed by atoms with Crippen LogP contribution < -0.4 is 0 Å². The molecule has 2 aromatic rings. The summed E-state index contributed by atoms with van der Waals surface area (Å²) < 4.78 is 24.7. The third-order valence-corrected chi connectivity index (χ3v) is 4.67. The number of benzene rings is 2. The largest absolute Gasteiger partial charge is 0.478 e. The van der Waals surface area contributed by atoms with E-state index in [1.54, 1.807) is 24.3 Å². The van der Waals surface area contributed by atoms with Gasteiger partial charge in [0.15, 0.2) is 9.84 Å². The molecule has 20 heavy (non-hydrogen) atoms. The zero-order valence-electron chi connectivity index (χ0n) is 10.3. The van der Waals surface area contributed by atoms with Gasteiger partial charge in [0, 0.05) is 5.02 Å². The van der Waals surface area contributed by atoms with Crippen molar-refractivity contribution in [2.75, 3.05) is 0 Å². The highest BCUT2D eigenvalue weighted by atomic mass is 35.5. The molecule has 0 saturated heterocycles. The quantitative estimate of drug-likeness (QED) is 0.942.